The second kappa shape index (κ2) is 6.39. The van der Waals surface area contributed by atoms with Crippen molar-refractivity contribution in [2.45, 2.75) is 6.10 Å². The predicted octanol–water partition coefficient (Wildman–Crippen LogP) is 2.79. The van der Waals surface area contributed by atoms with Crippen LogP contribution in [0.5, 0.6) is 5.75 Å². The molecule has 1 aliphatic rings. The van der Waals surface area contributed by atoms with Crippen LogP contribution >= 0.6 is 0 Å². The standard InChI is InChI=1S/C17H15NO5/c19-16(20)12-6-8-14(9-7-12)22-11-15-10-18(17(21)23-15)13-4-2-1-3-5-13/h1-9,15H,10-11H2,(H,19,20). The normalized spacial score (nSPS) is 17.0. The molecule has 3 rings (SSSR count). The summed E-state index contributed by atoms with van der Waals surface area (Å²) >= 11 is 0. The Kier molecular flexibility index (Phi) is 4.14. The number of carbonyl (C=O) groups excluding carboxylic acids is 1. The topological polar surface area (TPSA) is 76.1 Å². The van der Waals surface area contributed by atoms with Crippen molar-refractivity contribution in [2.24, 2.45) is 0 Å². The SMILES string of the molecule is O=C(O)c1ccc(OCC2CN(c3ccccc3)C(=O)O2)cc1. The Hall–Kier alpha value is -3.02. The number of rotatable bonds is 5. The highest BCUT2D eigenvalue weighted by Crippen LogP contribution is 2.22. The molecular weight excluding hydrogens is 298 g/mol. The molecule has 1 heterocycles. The van der Waals surface area contributed by atoms with E-state index in [1.165, 1.54) is 12.1 Å². The number of hydrogen-bond donors (Lipinski definition) is 1. The van der Waals surface area contributed by atoms with E-state index < -0.39 is 12.1 Å². The van der Waals surface area contributed by atoms with Crippen molar-refractivity contribution in [3.05, 3.63) is 60.2 Å². The molecule has 1 unspecified atom stereocenters. The number of carbonyl (C=O) groups is 2. The zero-order chi connectivity index (χ0) is 16.2. The number of hydrogen-bond acceptors (Lipinski definition) is 4. The summed E-state index contributed by atoms with van der Waals surface area (Å²) in [5.74, 6) is -0.455. The number of cyclic esters (lactones) is 1. The second-order valence-electron chi connectivity index (χ2n) is 5.09. The van der Waals surface area contributed by atoms with Gasteiger partial charge in [-0.3, -0.25) is 4.90 Å². The van der Waals surface area contributed by atoms with Gasteiger partial charge in [-0.25, -0.2) is 9.59 Å². The maximum absolute atomic E-state index is 11.9. The predicted molar refractivity (Wildman–Crippen MR) is 83.0 cm³/mol. The minimum Gasteiger partial charge on any atom is -0.490 e. The maximum atomic E-state index is 11.9. The van der Waals surface area contributed by atoms with Gasteiger partial charge >= 0.3 is 12.1 Å². The Morgan fingerprint density at radius 1 is 1.17 bits per heavy atom. The van der Waals surface area contributed by atoms with Gasteiger partial charge in [-0.1, -0.05) is 18.2 Å². The molecule has 2 aromatic carbocycles. The molecule has 1 N–H and O–H groups in total. The molecule has 23 heavy (non-hydrogen) atoms. The molecule has 0 aliphatic carbocycles. The first-order chi connectivity index (χ1) is 11.1. The van der Waals surface area contributed by atoms with Gasteiger partial charge in [0.1, 0.15) is 12.4 Å². The second-order valence-corrected chi connectivity index (χ2v) is 5.09. The van der Waals surface area contributed by atoms with Crippen molar-refractivity contribution >= 4 is 17.7 Å². The summed E-state index contributed by atoms with van der Waals surface area (Å²) in [5, 5.41) is 8.84. The Morgan fingerprint density at radius 3 is 2.52 bits per heavy atom. The Balaban J connectivity index is 1.57. The summed E-state index contributed by atoms with van der Waals surface area (Å²) in [7, 11) is 0. The molecule has 0 aromatic heterocycles. The van der Waals surface area contributed by atoms with Gasteiger partial charge in [-0.05, 0) is 36.4 Å². The lowest BCUT2D eigenvalue weighted by molar-refractivity contribution is 0.0696. The number of carboxylic acids is 1. The molecule has 6 nitrogen and oxygen atoms in total. The van der Waals surface area contributed by atoms with Crippen molar-refractivity contribution < 1.29 is 24.2 Å². The van der Waals surface area contributed by atoms with Gasteiger partial charge in [0.05, 0.1) is 12.1 Å². The fourth-order valence-electron chi connectivity index (χ4n) is 2.31. The maximum Gasteiger partial charge on any atom is 0.414 e. The van der Waals surface area contributed by atoms with E-state index in [4.69, 9.17) is 14.6 Å². The van der Waals surface area contributed by atoms with E-state index in [9.17, 15) is 9.59 Å². The number of benzene rings is 2. The first kappa shape index (κ1) is 14.9. The quantitative estimate of drug-likeness (QED) is 0.918. The third-order valence-corrected chi connectivity index (χ3v) is 3.48. The van der Waals surface area contributed by atoms with Crippen molar-refractivity contribution in [1.82, 2.24) is 0 Å². The highest BCUT2D eigenvalue weighted by molar-refractivity contribution is 5.89. The Bertz CT molecular complexity index is 699. The van der Waals surface area contributed by atoms with E-state index in [2.05, 4.69) is 0 Å². The summed E-state index contributed by atoms with van der Waals surface area (Å²) in [6.07, 6.45) is -0.770. The molecule has 0 bridgehead atoms. The molecule has 0 spiro atoms. The van der Waals surface area contributed by atoms with Gasteiger partial charge in [0.15, 0.2) is 6.10 Å². The number of amides is 1. The van der Waals surface area contributed by atoms with Crippen LogP contribution in [0.1, 0.15) is 10.4 Å². The van der Waals surface area contributed by atoms with Crippen molar-refractivity contribution in [3.63, 3.8) is 0 Å². The van der Waals surface area contributed by atoms with Crippen LogP contribution in [-0.4, -0.2) is 36.4 Å². The van der Waals surface area contributed by atoms with Gasteiger partial charge in [0, 0.05) is 5.69 Å². The molecular formula is C17H15NO5. The van der Waals surface area contributed by atoms with E-state index in [0.29, 0.717) is 12.3 Å². The largest absolute Gasteiger partial charge is 0.490 e. The van der Waals surface area contributed by atoms with Crippen LogP contribution in [0.2, 0.25) is 0 Å². The highest BCUT2D eigenvalue weighted by Gasteiger charge is 2.32. The number of nitrogens with zero attached hydrogens (tertiary/aromatic N) is 1. The van der Waals surface area contributed by atoms with Crippen LogP contribution in [0.4, 0.5) is 10.5 Å². The molecule has 0 radical (unpaired) electrons. The summed E-state index contributed by atoms with van der Waals surface area (Å²) in [4.78, 5) is 24.2. The zero-order valence-corrected chi connectivity index (χ0v) is 12.2. The van der Waals surface area contributed by atoms with Crippen LogP contribution in [0, 0.1) is 0 Å². The molecule has 1 amide bonds. The van der Waals surface area contributed by atoms with E-state index >= 15 is 0 Å². The molecule has 118 valence electrons. The first-order valence-corrected chi connectivity index (χ1v) is 7.13. The summed E-state index contributed by atoms with van der Waals surface area (Å²) in [5.41, 5.74) is 0.978. The average molecular weight is 313 g/mol. The van der Waals surface area contributed by atoms with Gasteiger partial charge in [0.25, 0.3) is 0 Å². The number of anilines is 1. The highest BCUT2D eigenvalue weighted by atomic mass is 16.6. The van der Waals surface area contributed by atoms with Crippen LogP contribution < -0.4 is 9.64 Å². The number of para-hydroxylation sites is 1. The number of carboxylic acid groups (broad SMARTS) is 1. The van der Waals surface area contributed by atoms with Crippen molar-refractivity contribution in [2.75, 3.05) is 18.1 Å². The van der Waals surface area contributed by atoms with E-state index in [0.717, 1.165) is 5.69 Å². The third kappa shape index (κ3) is 3.42. The van der Waals surface area contributed by atoms with Gasteiger partial charge in [0.2, 0.25) is 0 Å². The molecule has 6 heteroatoms. The Labute approximate surface area is 132 Å². The van der Waals surface area contributed by atoms with E-state index in [1.807, 2.05) is 30.3 Å². The third-order valence-electron chi connectivity index (χ3n) is 3.48. The molecule has 1 atom stereocenters. The van der Waals surface area contributed by atoms with Crippen LogP contribution in [-0.2, 0) is 4.74 Å². The molecule has 0 saturated carbocycles. The first-order valence-electron chi connectivity index (χ1n) is 7.13. The summed E-state index contributed by atoms with van der Waals surface area (Å²) in [6.45, 7) is 0.623. The van der Waals surface area contributed by atoms with E-state index in [-0.39, 0.29) is 18.3 Å². The molecule has 1 saturated heterocycles. The van der Waals surface area contributed by atoms with Crippen molar-refractivity contribution in [1.29, 1.82) is 0 Å². The fraction of sp³-hybridized carbons (Fsp3) is 0.176. The smallest absolute Gasteiger partial charge is 0.414 e. The lowest BCUT2D eigenvalue weighted by atomic mass is 10.2. The van der Waals surface area contributed by atoms with Crippen LogP contribution in [0.25, 0.3) is 0 Å². The Morgan fingerprint density at radius 2 is 1.87 bits per heavy atom. The minimum atomic E-state index is -0.986. The lowest BCUT2D eigenvalue weighted by Crippen LogP contribution is -2.26. The van der Waals surface area contributed by atoms with Gasteiger partial charge in [-0.15, -0.1) is 0 Å². The molecule has 2 aromatic rings. The van der Waals surface area contributed by atoms with Crippen LogP contribution in [0.15, 0.2) is 54.6 Å². The zero-order valence-electron chi connectivity index (χ0n) is 12.2. The molecule has 1 aliphatic heterocycles. The monoisotopic (exact) mass is 313 g/mol. The molecule has 1 fully saturated rings. The average Bonchev–Trinajstić information content (AvgIpc) is 2.95. The van der Waals surface area contributed by atoms with Crippen molar-refractivity contribution in [3.8, 4) is 5.75 Å². The van der Waals surface area contributed by atoms with Gasteiger partial charge < -0.3 is 14.6 Å². The van der Waals surface area contributed by atoms with Crippen LogP contribution in [0.3, 0.4) is 0 Å². The van der Waals surface area contributed by atoms with Gasteiger partial charge in [-0.2, -0.15) is 0 Å². The summed E-state index contributed by atoms with van der Waals surface area (Å²) in [6, 6.07) is 15.4. The number of aromatic carboxylic acids is 1. The minimum absolute atomic E-state index is 0.194. The lowest BCUT2D eigenvalue weighted by Gasteiger charge is -2.13. The number of ether oxygens (including phenoxy) is 2. The van der Waals surface area contributed by atoms with E-state index in [1.54, 1.807) is 17.0 Å². The summed E-state index contributed by atoms with van der Waals surface area (Å²) < 4.78 is 10.8. The fourth-order valence-corrected chi connectivity index (χ4v) is 2.31.